The molecule has 0 aliphatic carbocycles. The summed E-state index contributed by atoms with van der Waals surface area (Å²) >= 11 is 0. The van der Waals surface area contributed by atoms with Crippen molar-refractivity contribution < 1.29 is 14.2 Å². The molecule has 1 unspecified atom stereocenters. The van der Waals surface area contributed by atoms with Gasteiger partial charge in [-0.1, -0.05) is 20.8 Å². The summed E-state index contributed by atoms with van der Waals surface area (Å²) in [5.74, 6) is -0.133. The zero-order chi connectivity index (χ0) is 11.8. The van der Waals surface area contributed by atoms with E-state index in [2.05, 4.69) is 26.1 Å². The number of hydrogen-bond donors (Lipinski definition) is 1. The molecule has 4 nitrogen and oxygen atoms in total. The molecule has 1 N–H and O–H groups in total. The van der Waals surface area contributed by atoms with Crippen molar-refractivity contribution in [1.29, 1.82) is 0 Å². The molecule has 2 bridgehead atoms. The molecule has 0 aromatic heterocycles. The van der Waals surface area contributed by atoms with Crippen molar-refractivity contribution >= 4 is 0 Å². The smallest absolute Gasteiger partial charge is 0.287 e. The van der Waals surface area contributed by atoms with Crippen LogP contribution in [0.1, 0.15) is 20.8 Å². The minimum Gasteiger partial charge on any atom is -0.326 e. The quantitative estimate of drug-likeness (QED) is 0.786. The molecule has 94 valence electrons. The Kier molecular flexibility index (Phi) is 3.27. The lowest BCUT2D eigenvalue weighted by Crippen LogP contribution is -2.64. The second kappa shape index (κ2) is 4.26. The molecule has 1 atom stereocenters. The summed E-state index contributed by atoms with van der Waals surface area (Å²) in [6, 6.07) is 0. The predicted octanol–water partition coefficient (Wildman–Crippen LogP) is 1.22. The first-order valence-corrected chi connectivity index (χ1v) is 6.08. The van der Waals surface area contributed by atoms with Gasteiger partial charge >= 0.3 is 0 Å². The van der Waals surface area contributed by atoms with Gasteiger partial charge in [-0.2, -0.15) is 0 Å². The van der Waals surface area contributed by atoms with Gasteiger partial charge in [-0.15, -0.1) is 0 Å². The first-order valence-electron chi connectivity index (χ1n) is 6.08. The van der Waals surface area contributed by atoms with E-state index >= 15 is 0 Å². The minimum atomic E-state index is -0.811. The molecule has 0 amide bonds. The monoisotopic (exact) mass is 229 g/mol. The van der Waals surface area contributed by atoms with E-state index in [-0.39, 0.29) is 11.3 Å². The molecule has 0 aromatic rings. The van der Waals surface area contributed by atoms with Crippen LogP contribution in [0.15, 0.2) is 0 Å². The zero-order valence-electron chi connectivity index (χ0n) is 10.7. The van der Waals surface area contributed by atoms with Crippen LogP contribution in [0.5, 0.6) is 0 Å². The molecule has 3 fully saturated rings. The third kappa shape index (κ3) is 1.99. The van der Waals surface area contributed by atoms with Crippen LogP contribution in [0.25, 0.3) is 0 Å². The molecule has 0 saturated carbocycles. The maximum atomic E-state index is 5.86. The van der Waals surface area contributed by atoms with Crippen molar-refractivity contribution in [3.63, 3.8) is 0 Å². The van der Waals surface area contributed by atoms with E-state index in [1.807, 2.05) is 7.05 Å². The molecule has 0 spiro atoms. The van der Waals surface area contributed by atoms with Crippen molar-refractivity contribution in [3.05, 3.63) is 0 Å². The van der Waals surface area contributed by atoms with Gasteiger partial charge in [0.1, 0.15) is 0 Å². The van der Waals surface area contributed by atoms with E-state index in [4.69, 9.17) is 14.2 Å². The topological polar surface area (TPSA) is 39.7 Å². The second-order valence-electron chi connectivity index (χ2n) is 5.69. The highest BCUT2D eigenvalue weighted by molar-refractivity contribution is 4.89. The zero-order valence-corrected chi connectivity index (χ0v) is 10.7. The SMILES string of the molecule is CNCC(C(C)C)C12OCC(C)(CO1)CO2. The fourth-order valence-electron chi connectivity index (χ4n) is 2.38. The normalized spacial score (nSPS) is 40.3. The summed E-state index contributed by atoms with van der Waals surface area (Å²) in [6.07, 6.45) is 0. The van der Waals surface area contributed by atoms with Crippen LogP contribution in [0.2, 0.25) is 0 Å². The Bertz CT molecular complexity index is 230. The summed E-state index contributed by atoms with van der Waals surface area (Å²) in [5, 5.41) is 3.19. The molecule has 0 aromatic carbocycles. The molecule has 0 radical (unpaired) electrons. The fourth-order valence-corrected chi connectivity index (χ4v) is 2.38. The molecule has 16 heavy (non-hydrogen) atoms. The van der Waals surface area contributed by atoms with Crippen LogP contribution < -0.4 is 5.32 Å². The molecule has 3 heterocycles. The molecule has 3 rings (SSSR count). The molecule has 3 aliphatic rings. The first-order chi connectivity index (χ1) is 7.51. The van der Waals surface area contributed by atoms with E-state index < -0.39 is 5.97 Å². The standard InChI is InChI=1S/C12H23NO3/c1-9(2)10(5-13-4)12-14-6-11(3,7-15-12)8-16-12/h9-10,13H,5-8H2,1-4H3. The van der Waals surface area contributed by atoms with Gasteiger partial charge in [-0.25, -0.2) is 0 Å². The molecule has 4 heteroatoms. The lowest BCUT2D eigenvalue weighted by atomic mass is 9.86. The van der Waals surface area contributed by atoms with Gasteiger partial charge in [-0.3, -0.25) is 0 Å². The van der Waals surface area contributed by atoms with Crippen molar-refractivity contribution in [2.45, 2.75) is 26.7 Å². The average Bonchev–Trinajstić information content (AvgIpc) is 2.27. The Balaban J connectivity index is 2.12. The average molecular weight is 229 g/mol. The Labute approximate surface area is 97.6 Å². The maximum absolute atomic E-state index is 5.86. The largest absolute Gasteiger partial charge is 0.326 e. The third-order valence-corrected chi connectivity index (χ3v) is 3.55. The van der Waals surface area contributed by atoms with Crippen LogP contribution >= 0.6 is 0 Å². The summed E-state index contributed by atoms with van der Waals surface area (Å²) in [6.45, 7) is 9.54. The van der Waals surface area contributed by atoms with Gasteiger partial charge < -0.3 is 19.5 Å². The lowest BCUT2D eigenvalue weighted by molar-refractivity contribution is -0.486. The van der Waals surface area contributed by atoms with E-state index in [1.54, 1.807) is 0 Å². The van der Waals surface area contributed by atoms with Crippen molar-refractivity contribution in [1.82, 2.24) is 5.32 Å². The highest BCUT2D eigenvalue weighted by atomic mass is 16.9. The van der Waals surface area contributed by atoms with E-state index in [1.165, 1.54) is 0 Å². The summed E-state index contributed by atoms with van der Waals surface area (Å²) in [7, 11) is 1.95. The van der Waals surface area contributed by atoms with E-state index in [0.717, 1.165) is 26.4 Å². The van der Waals surface area contributed by atoms with Gasteiger partial charge in [0.15, 0.2) is 0 Å². The van der Waals surface area contributed by atoms with Crippen LogP contribution in [-0.2, 0) is 14.2 Å². The van der Waals surface area contributed by atoms with Gasteiger partial charge in [-0.05, 0) is 13.0 Å². The number of rotatable bonds is 4. The molecular formula is C12H23NO3. The predicted molar refractivity (Wildman–Crippen MR) is 60.9 cm³/mol. The molecule has 3 aliphatic heterocycles. The van der Waals surface area contributed by atoms with Crippen LogP contribution in [0, 0.1) is 17.3 Å². The Morgan fingerprint density at radius 2 is 1.62 bits per heavy atom. The van der Waals surface area contributed by atoms with Crippen LogP contribution in [0.4, 0.5) is 0 Å². The molecular weight excluding hydrogens is 206 g/mol. The van der Waals surface area contributed by atoms with Crippen LogP contribution in [0.3, 0.4) is 0 Å². The lowest BCUT2D eigenvalue weighted by Gasteiger charge is -2.54. The Hall–Kier alpha value is -0.160. The minimum absolute atomic E-state index is 0.0446. The van der Waals surface area contributed by atoms with Crippen LogP contribution in [-0.4, -0.2) is 39.4 Å². The van der Waals surface area contributed by atoms with Gasteiger partial charge in [0.2, 0.25) is 0 Å². The van der Waals surface area contributed by atoms with Crippen molar-refractivity contribution in [2.75, 3.05) is 33.4 Å². The Morgan fingerprint density at radius 1 is 1.12 bits per heavy atom. The highest BCUT2D eigenvalue weighted by Gasteiger charge is 2.55. The summed E-state index contributed by atoms with van der Waals surface area (Å²) in [4.78, 5) is 0. The van der Waals surface area contributed by atoms with E-state index in [0.29, 0.717) is 5.92 Å². The summed E-state index contributed by atoms with van der Waals surface area (Å²) in [5.41, 5.74) is 0.0446. The maximum Gasteiger partial charge on any atom is 0.287 e. The number of hydrogen-bond acceptors (Lipinski definition) is 4. The van der Waals surface area contributed by atoms with Gasteiger partial charge in [0, 0.05) is 12.0 Å². The van der Waals surface area contributed by atoms with Crippen molar-refractivity contribution in [3.8, 4) is 0 Å². The van der Waals surface area contributed by atoms with Gasteiger partial charge in [0.25, 0.3) is 5.97 Å². The van der Waals surface area contributed by atoms with E-state index in [9.17, 15) is 0 Å². The molecule has 3 saturated heterocycles. The second-order valence-corrected chi connectivity index (χ2v) is 5.69. The van der Waals surface area contributed by atoms with Crippen molar-refractivity contribution in [2.24, 2.45) is 17.3 Å². The first kappa shape index (κ1) is 12.3. The number of ether oxygens (including phenoxy) is 3. The van der Waals surface area contributed by atoms with Gasteiger partial charge in [0.05, 0.1) is 25.7 Å². The number of nitrogens with one attached hydrogen (secondary N) is 1. The highest BCUT2D eigenvalue weighted by Crippen LogP contribution is 2.43. The summed E-state index contributed by atoms with van der Waals surface area (Å²) < 4.78 is 17.6. The third-order valence-electron chi connectivity index (χ3n) is 3.55. The Morgan fingerprint density at radius 3 is 2.00 bits per heavy atom. The number of fused-ring (bicyclic) bond motifs is 3. The fraction of sp³-hybridized carbons (Fsp3) is 1.00.